The van der Waals surface area contributed by atoms with Crippen LogP contribution in [0.4, 0.5) is 22.3 Å². The average Bonchev–Trinajstić information content (AvgIpc) is 2.32. The van der Waals surface area contributed by atoms with Gasteiger partial charge in [0.15, 0.2) is 0 Å². The summed E-state index contributed by atoms with van der Waals surface area (Å²) in [6, 6.07) is 0. The Morgan fingerprint density at radius 3 is 1.70 bits per heavy atom. The van der Waals surface area contributed by atoms with Crippen molar-refractivity contribution in [3.63, 3.8) is 0 Å². The van der Waals surface area contributed by atoms with Crippen LogP contribution in [-0.2, 0) is 4.74 Å². The first-order chi connectivity index (χ1) is 9.04. The Hall–Kier alpha value is -1.38. The highest BCUT2D eigenvalue weighted by Gasteiger charge is 2.59. The van der Waals surface area contributed by atoms with E-state index >= 15 is 0 Å². The van der Waals surface area contributed by atoms with E-state index in [4.69, 9.17) is 11.6 Å². The van der Waals surface area contributed by atoms with Gasteiger partial charge in [-0.25, -0.2) is 0 Å². The molecule has 0 aliphatic carbocycles. The van der Waals surface area contributed by atoms with Gasteiger partial charge >= 0.3 is 5.92 Å². The molecule has 0 spiro atoms. The van der Waals surface area contributed by atoms with Crippen molar-refractivity contribution in [3.05, 3.63) is 20.2 Å². The molecular weight excluding hydrogens is 327 g/mol. The minimum atomic E-state index is -4.35. The lowest BCUT2D eigenvalue weighted by molar-refractivity contribution is -0.833. The van der Waals surface area contributed by atoms with Crippen LogP contribution in [0.1, 0.15) is 0 Å². The van der Waals surface area contributed by atoms with Crippen LogP contribution in [0.25, 0.3) is 0 Å². The predicted octanol–water partition coefficient (Wildman–Crippen LogP) is 1.26. The third-order valence-corrected chi connectivity index (χ3v) is 2.45. The Balaban J connectivity index is 4.91. The van der Waals surface area contributed by atoms with Crippen LogP contribution < -0.4 is 0 Å². The molecule has 0 fully saturated rings. The number of alkyl halides is 2. The summed E-state index contributed by atoms with van der Waals surface area (Å²) in [6.07, 6.45) is 0. The molecule has 0 aromatic carbocycles. The van der Waals surface area contributed by atoms with Gasteiger partial charge in [0.1, 0.15) is 9.85 Å². The van der Waals surface area contributed by atoms with Crippen LogP contribution in [0.2, 0.25) is 0 Å². The molecule has 0 bridgehead atoms. The molecule has 0 saturated heterocycles. The second-order valence-corrected chi connectivity index (χ2v) is 3.58. The normalized spacial score (nSPS) is 13.0. The smallest absolute Gasteiger partial charge is 0.360 e. The topological polar surface area (TPSA) is 102 Å². The zero-order valence-electron chi connectivity index (χ0n) is 9.22. The highest BCUT2D eigenvalue weighted by molar-refractivity contribution is 6.18. The summed E-state index contributed by atoms with van der Waals surface area (Å²) in [5.74, 6) is -5.80. The van der Waals surface area contributed by atoms with Gasteiger partial charge in [-0.2, -0.15) is 0 Å². The van der Waals surface area contributed by atoms with E-state index in [1.807, 2.05) is 0 Å². The minimum Gasteiger partial charge on any atom is -0.360 e. The SMILES string of the molecule is O=[N+]([O-])C(F)(COCC(CCl)(N(F)F)N(F)F)[N+](=O)[O-]. The van der Waals surface area contributed by atoms with Gasteiger partial charge in [-0.3, -0.25) is 20.2 Å². The summed E-state index contributed by atoms with van der Waals surface area (Å²) >= 11 is 4.90. The minimum absolute atomic E-state index is 1.44. The van der Waals surface area contributed by atoms with Gasteiger partial charge in [0.05, 0.1) is 23.2 Å². The van der Waals surface area contributed by atoms with E-state index in [0.717, 1.165) is 0 Å². The second-order valence-electron chi connectivity index (χ2n) is 3.31. The van der Waals surface area contributed by atoms with Crippen molar-refractivity contribution < 1.29 is 36.9 Å². The van der Waals surface area contributed by atoms with Crippen LogP contribution in [-0.4, -0.2) is 51.2 Å². The zero-order valence-corrected chi connectivity index (χ0v) is 9.98. The first-order valence-corrected chi connectivity index (χ1v) is 4.93. The van der Waals surface area contributed by atoms with Crippen molar-refractivity contribution in [1.29, 1.82) is 0 Å². The maximum absolute atomic E-state index is 13.2. The van der Waals surface area contributed by atoms with Gasteiger partial charge in [0.25, 0.3) is 0 Å². The molecule has 0 atom stereocenters. The van der Waals surface area contributed by atoms with Crippen molar-refractivity contribution in [2.45, 2.75) is 11.6 Å². The summed E-state index contributed by atoms with van der Waals surface area (Å²) in [5, 5.41) is 16.1. The Labute approximate surface area is 111 Å². The van der Waals surface area contributed by atoms with Crippen molar-refractivity contribution in [1.82, 2.24) is 10.7 Å². The second kappa shape index (κ2) is 6.87. The third kappa shape index (κ3) is 3.59. The van der Waals surface area contributed by atoms with Crippen molar-refractivity contribution in [2.75, 3.05) is 19.1 Å². The first kappa shape index (κ1) is 18.6. The molecule has 9 nitrogen and oxygen atoms in total. The monoisotopic (exact) mass is 332 g/mol. The van der Waals surface area contributed by atoms with Crippen LogP contribution in [0, 0.1) is 20.2 Å². The lowest BCUT2D eigenvalue weighted by Gasteiger charge is -2.29. The largest absolute Gasteiger partial charge is 0.637 e. The van der Waals surface area contributed by atoms with Gasteiger partial charge in [-0.1, -0.05) is 22.3 Å². The fourth-order valence-corrected chi connectivity index (χ4v) is 1.06. The highest BCUT2D eigenvalue weighted by Crippen LogP contribution is 2.26. The summed E-state index contributed by atoms with van der Waals surface area (Å²) in [6.45, 7) is -3.70. The molecule has 0 rings (SSSR count). The maximum Gasteiger partial charge on any atom is 0.637 e. The molecular formula is C5H6ClF5N4O5. The number of hydrogen-bond acceptors (Lipinski definition) is 7. The van der Waals surface area contributed by atoms with Crippen molar-refractivity contribution in [3.8, 4) is 0 Å². The number of hydrogen-bond donors (Lipinski definition) is 0. The number of rotatable bonds is 9. The molecule has 0 saturated carbocycles. The van der Waals surface area contributed by atoms with E-state index in [2.05, 4.69) is 4.74 Å². The van der Waals surface area contributed by atoms with Gasteiger partial charge in [-0.05, 0) is 0 Å². The summed E-state index contributed by atoms with van der Waals surface area (Å²) < 4.78 is 66.4. The van der Waals surface area contributed by atoms with Gasteiger partial charge < -0.3 is 4.74 Å². The fraction of sp³-hybridized carbons (Fsp3) is 1.00. The molecule has 0 aromatic rings. The lowest BCUT2D eigenvalue weighted by atomic mass is 10.2. The molecule has 0 amide bonds. The van der Waals surface area contributed by atoms with Crippen LogP contribution in [0.5, 0.6) is 0 Å². The van der Waals surface area contributed by atoms with Crippen LogP contribution in [0.3, 0.4) is 0 Å². The lowest BCUT2D eigenvalue weighted by Crippen LogP contribution is -2.55. The molecule has 0 aliphatic heterocycles. The molecule has 0 aliphatic rings. The van der Waals surface area contributed by atoms with Gasteiger partial charge in [0.2, 0.25) is 12.3 Å². The van der Waals surface area contributed by atoms with E-state index in [1.54, 1.807) is 0 Å². The number of halogens is 6. The molecule has 0 radical (unpaired) electrons. The number of nitrogens with zero attached hydrogens (tertiary/aromatic N) is 4. The van der Waals surface area contributed by atoms with Crippen molar-refractivity contribution in [2.24, 2.45) is 0 Å². The number of ether oxygens (including phenoxy) is 1. The van der Waals surface area contributed by atoms with Crippen LogP contribution >= 0.6 is 11.6 Å². The summed E-state index contributed by atoms with van der Waals surface area (Å²) in [7, 11) is 0. The quantitative estimate of drug-likeness (QED) is 0.119. The number of nitro groups is 2. The maximum atomic E-state index is 13.2. The summed E-state index contributed by atoms with van der Waals surface area (Å²) in [4.78, 5) is 16.2. The summed E-state index contributed by atoms with van der Waals surface area (Å²) in [5.41, 5.74) is -3.53. The van der Waals surface area contributed by atoms with E-state index in [-0.39, 0.29) is 0 Å². The van der Waals surface area contributed by atoms with Gasteiger partial charge in [-0.15, -0.1) is 11.6 Å². The zero-order chi connectivity index (χ0) is 16.1. The molecule has 20 heavy (non-hydrogen) atoms. The molecule has 0 aromatic heterocycles. The third-order valence-electron chi connectivity index (χ3n) is 2.02. The molecule has 15 heteroatoms. The van der Waals surface area contributed by atoms with Crippen molar-refractivity contribution >= 4 is 11.6 Å². The Morgan fingerprint density at radius 2 is 1.45 bits per heavy atom. The molecule has 0 N–H and O–H groups in total. The predicted molar refractivity (Wildman–Crippen MR) is 50.2 cm³/mol. The van der Waals surface area contributed by atoms with Gasteiger partial charge in [0, 0.05) is 0 Å². The molecule has 0 unspecified atom stereocenters. The van der Waals surface area contributed by atoms with E-state index < -0.39 is 51.2 Å². The first-order valence-electron chi connectivity index (χ1n) is 4.40. The Morgan fingerprint density at radius 1 is 1.05 bits per heavy atom. The Kier molecular flexibility index (Phi) is 6.39. The Bertz CT molecular complexity index is 352. The van der Waals surface area contributed by atoms with E-state index in [1.165, 1.54) is 0 Å². The highest BCUT2D eigenvalue weighted by atomic mass is 35.5. The van der Waals surface area contributed by atoms with Crippen LogP contribution in [0.15, 0.2) is 0 Å². The van der Waals surface area contributed by atoms with E-state index in [9.17, 15) is 42.5 Å². The standard InChI is InChI=1S/C5H6ClF5N4O5/c6-1-4(12(8)9,13(10)11)2-20-3-5(7,14(16)17)15(18)19/h1-3H2. The van der Waals surface area contributed by atoms with E-state index in [0.29, 0.717) is 0 Å². The average molecular weight is 333 g/mol. The fourth-order valence-electron chi connectivity index (χ4n) is 0.800. The molecule has 0 heterocycles. The molecule has 118 valence electrons.